The molecule has 0 spiro atoms. The first-order valence-electron chi connectivity index (χ1n) is 11.9. The van der Waals surface area contributed by atoms with Crippen LogP contribution >= 0.6 is 0 Å². The Kier molecular flexibility index (Phi) is 11.2. The molecular formula is C24H46O. The van der Waals surface area contributed by atoms with E-state index < -0.39 is 0 Å². The second kappa shape index (κ2) is 13.2. The van der Waals surface area contributed by atoms with Gasteiger partial charge in [-0.1, -0.05) is 90.9 Å². The van der Waals surface area contributed by atoms with Crippen LogP contribution in [0.2, 0.25) is 0 Å². The van der Waals surface area contributed by atoms with Crippen molar-refractivity contribution in [2.24, 2.45) is 23.7 Å². The van der Waals surface area contributed by atoms with Gasteiger partial charge in [-0.2, -0.15) is 0 Å². The van der Waals surface area contributed by atoms with E-state index in [9.17, 15) is 0 Å². The zero-order valence-electron chi connectivity index (χ0n) is 17.4. The lowest BCUT2D eigenvalue weighted by atomic mass is 9.79. The standard InChI is InChI=1S/C24H46O/c1-3-5-7-9-21-11-15-23(16-12-21)19-25-20-24-17-13-22(14-18-24)10-8-6-4-2/h21-24H,3-20H2,1-2H3/t21-,22-,23-,24-. The summed E-state index contributed by atoms with van der Waals surface area (Å²) in [7, 11) is 0. The minimum Gasteiger partial charge on any atom is -0.381 e. The number of hydrogen-bond acceptors (Lipinski definition) is 1. The molecule has 0 atom stereocenters. The van der Waals surface area contributed by atoms with Crippen LogP contribution in [0, 0.1) is 23.7 Å². The highest BCUT2D eigenvalue weighted by Crippen LogP contribution is 2.34. The summed E-state index contributed by atoms with van der Waals surface area (Å²) in [6.07, 6.45) is 23.1. The summed E-state index contributed by atoms with van der Waals surface area (Å²) in [6, 6.07) is 0. The normalized spacial score (nSPS) is 30.5. The SMILES string of the molecule is CCCCC[C@H]1CC[C@H](COC[C@H]2CC[C@H](CCCCC)CC2)CC1. The van der Waals surface area contributed by atoms with Crippen LogP contribution in [0.3, 0.4) is 0 Å². The fourth-order valence-corrected chi connectivity index (χ4v) is 5.14. The average Bonchev–Trinajstić information content (AvgIpc) is 2.65. The third-order valence-corrected chi connectivity index (χ3v) is 7.07. The van der Waals surface area contributed by atoms with Gasteiger partial charge in [0.2, 0.25) is 0 Å². The van der Waals surface area contributed by atoms with Crippen LogP contribution in [-0.4, -0.2) is 13.2 Å². The van der Waals surface area contributed by atoms with E-state index in [1.54, 1.807) is 0 Å². The predicted octanol–water partition coefficient (Wildman–Crippen LogP) is 7.78. The first-order chi connectivity index (χ1) is 12.3. The molecule has 1 heteroatoms. The molecule has 0 unspecified atom stereocenters. The molecule has 2 fully saturated rings. The summed E-state index contributed by atoms with van der Waals surface area (Å²) in [5.74, 6) is 3.80. The van der Waals surface area contributed by atoms with Crippen molar-refractivity contribution in [2.75, 3.05) is 13.2 Å². The molecular weight excluding hydrogens is 304 g/mol. The van der Waals surface area contributed by atoms with Gasteiger partial charge >= 0.3 is 0 Å². The smallest absolute Gasteiger partial charge is 0.0494 e. The van der Waals surface area contributed by atoms with Gasteiger partial charge in [0.05, 0.1) is 0 Å². The van der Waals surface area contributed by atoms with Gasteiger partial charge < -0.3 is 4.74 Å². The third-order valence-electron chi connectivity index (χ3n) is 7.07. The monoisotopic (exact) mass is 350 g/mol. The molecule has 2 rings (SSSR count). The van der Waals surface area contributed by atoms with Gasteiger partial charge in [-0.3, -0.25) is 0 Å². The number of ether oxygens (including phenoxy) is 1. The Morgan fingerprint density at radius 2 is 0.880 bits per heavy atom. The molecule has 0 aliphatic heterocycles. The molecule has 2 saturated carbocycles. The summed E-state index contributed by atoms with van der Waals surface area (Å²) in [4.78, 5) is 0. The fourth-order valence-electron chi connectivity index (χ4n) is 5.14. The lowest BCUT2D eigenvalue weighted by Gasteiger charge is -2.31. The van der Waals surface area contributed by atoms with Crippen LogP contribution < -0.4 is 0 Å². The summed E-state index contributed by atoms with van der Waals surface area (Å²) >= 11 is 0. The zero-order chi connectivity index (χ0) is 17.7. The molecule has 2 aliphatic carbocycles. The van der Waals surface area contributed by atoms with Crippen LogP contribution in [0.4, 0.5) is 0 Å². The van der Waals surface area contributed by atoms with Gasteiger partial charge in [0, 0.05) is 13.2 Å². The molecule has 0 aromatic rings. The highest BCUT2D eigenvalue weighted by molar-refractivity contribution is 4.74. The number of hydrogen-bond donors (Lipinski definition) is 0. The van der Waals surface area contributed by atoms with Crippen LogP contribution in [0.1, 0.15) is 117 Å². The highest BCUT2D eigenvalue weighted by Gasteiger charge is 2.23. The summed E-state index contributed by atoms with van der Waals surface area (Å²) in [5, 5.41) is 0. The number of rotatable bonds is 12. The van der Waals surface area contributed by atoms with Crippen molar-refractivity contribution in [3.8, 4) is 0 Å². The van der Waals surface area contributed by atoms with Crippen molar-refractivity contribution < 1.29 is 4.74 Å². The second-order valence-electron chi connectivity index (χ2n) is 9.30. The van der Waals surface area contributed by atoms with Gasteiger partial charge in [-0.15, -0.1) is 0 Å². The molecule has 0 bridgehead atoms. The Morgan fingerprint density at radius 3 is 1.24 bits per heavy atom. The predicted molar refractivity (Wildman–Crippen MR) is 110 cm³/mol. The molecule has 0 amide bonds. The van der Waals surface area contributed by atoms with E-state index in [0.29, 0.717) is 0 Å². The molecule has 0 aromatic heterocycles. The van der Waals surface area contributed by atoms with Gasteiger partial charge in [-0.05, 0) is 49.4 Å². The Morgan fingerprint density at radius 1 is 0.520 bits per heavy atom. The number of unbranched alkanes of at least 4 members (excludes halogenated alkanes) is 4. The summed E-state index contributed by atoms with van der Waals surface area (Å²) < 4.78 is 6.18. The molecule has 0 radical (unpaired) electrons. The zero-order valence-corrected chi connectivity index (χ0v) is 17.4. The molecule has 25 heavy (non-hydrogen) atoms. The van der Waals surface area contributed by atoms with Crippen molar-refractivity contribution in [1.29, 1.82) is 0 Å². The van der Waals surface area contributed by atoms with E-state index in [2.05, 4.69) is 13.8 Å². The highest BCUT2D eigenvalue weighted by atomic mass is 16.5. The van der Waals surface area contributed by atoms with Crippen molar-refractivity contribution in [3.05, 3.63) is 0 Å². The van der Waals surface area contributed by atoms with Gasteiger partial charge in [0.25, 0.3) is 0 Å². The van der Waals surface area contributed by atoms with Gasteiger partial charge in [-0.25, -0.2) is 0 Å². The molecule has 1 nitrogen and oxygen atoms in total. The van der Waals surface area contributed by atoms with Crippen molar-refractivity contribution in [2.45, 2.75) is 117 Å². The first kappa shape index (κ1) is 21.3. The van der Waals surface area contributed by atoms with Crippen molar-refractivity contribution in [1.82, 2.24) is 0 Å². The minimum atomic E-state index is 0.868. The Bertz CT molecular complexity index is 267. The maximum absolute atomic E-state index is 6.18. The van der Waals surface area contributed by atoms with Crippen LogP contribution in [0.25, 0.3) is 0 Å². The summed E-state index contributed by atoms with van der Waals surface area (Å²) in [6.45, 7) is 6.73. The fraction of sp³-hybridized carbons (Fsp3) is 1.00. The first-order valence-corrected chi connectivity index (χ1v) is 11.9. The van der Waals surface area contributed by atoms with Gasteiger partial charge in [0.15, 0.2) is 0 Å². The minimum absolute atomic E-state index is 0.868. The van der Waals surface area contributed by atoms with Crippen LogP contribution in [0.15, 0.2) is 0 Å². The molecule has 2 aliphatic rings. The topological polar surface area (TPSA) is 9.23 Å². The van der Waals surface area contributed by atoms with Crippen molar-refractivity contribution in [3.63, 3.8) is 0 Å². The lowest BCUT2D eigenvalue weighted by molar-refractivity contribution is 0.0406. The van der Waals surface area contributed by atoms with Crippen LogP contribution in [0.5, 0.6) is 0 Å². The van der Waals surface area contributed by atoms with Gasteiger partial charge in [0.1, 0.15) is 0 Å². The van der Waals surface area contributed by atoms with E-state index >= 15 is 0 Å². The Hall–Kier alpha value is -0.0400. The quantitative estimate of drug-likeness (QED) is 0.326. The Balaban J connectivity index is 1.46. The van der Waals surface area contributed by atoms with E-state index in [4.69, 9.17) is 4.74 Å². The average molecular weight is 351 g/mol. The van der Waals surface area contributed by atoms with E-state index in [0.717, 1.165) is 36.9 Å². The molecule has 0 saturated heterocycles. The molecule has 0 N–H and O–H groups in total. The van der Waals surface area contributed by atoms with E-state index in [-0.39, 0.29) is 0 Å². The third kappa shape index (κ3) is 8.94. The van der Waals surface area contributed by atoms with Crippen LogP contribution in [-0.2, 0) is 4.74 Å². The maximum atomic E-state index is 6.18. The largest absolute Gasteiger partial charge is 0.381 e. The molecule has 0 heterocycles. The van der Waals surface area contributed by atoms with E-state index in [1.165, 1.54) is 103 Å². The molecule has 0 aromatic carbocycles. The van der Waals surface area contributed by atoms with Crippen molar-refractivity contribution >= 4 is 0 Å². The molecule has 148 valence electrons. The van der Waals surface area contributed by atoms with E-state index in [1.807, 2.05) is 0 Å². The summed E-state index contributed by atoms with van der Waals surface area (Å²) in [5.41, 5.74) is 0. The second-order valence-corrected chi connectivity index (χ2v) is 9.30. The maximum Gasteiger partial charge on any atom is 0.0494 e. The Labute approximate surface area is 158 Å². The lowest BCUT2D eigenvalue weighted by Crippen LogP contribution is -2.23.